The Kier molecular flexibility index (Phi) is 4.46. The van der Waals surface area contributed by atoms with Crippen molar-refractivity contribution >= 4 is 22.7 Å². The fourth-order valence-corrected chi connectivity index (χ4v) is 2.81. The maximum absolute atomic E-state index is 5.81. The number of aryl methyl sites for hydroxylation is 1. The van der Waals surface area contributed by atoms with Crippen LogP contribution in [-0.2, 0) is 4.74 Å². The molecule has 2 aromatic rings. The minimum absolute atomic E-state index is 0.0550. The summed E-state index contributed by atoms with van der Waals surface area (Å²) in [5.74, 6) is 1.74. The molecule has 1 aliphatic rings. The lowest BCUT2D eigenvalue weighted by atomic mass is 10.2. The van der Waals surface area contributed by atoms with Crippen LogP contribution in [0.25, 0.3) is 0 Å². The Balaban J connectivity index is 1.54. The van der Waals surface area contributed by atoms with Crippen LogP contribution < -0.4 is 4.74 Å². The third-order valence-corrected chi connectivity index (χ3v) is 4.07. The molecule has 0 aliphatic carbocycles. The number of nitrogens with zero attached hydrogens (tertiary/aromatic N) is 1. The average molecular weight is 299 g/mol. The number of hydrogen-bond acceptors (Lipinski definition) is 4. The first kappa shape index (κ1) is 14.0. The number of aliphatic imine (C=N–C) groups is 1. The molecule has 3 nitrogen and oxygen atoms in total. The van der Waals surface area contributed by atoms with Gasteiger partial charge in [-0.15, -0.1) is 0 Å². The number of thioether (sulfide) groups is 1. The highest BCUT2D eigenvalue weighted by atomic mass is 32.2. The van der Waals surface area contributed by atoms with Gasteiger partial charge in [0, 0.05) is 5.75 Å². The van der Waals surface area contributed by atoms with Gasteiger partial charge in [0.1, 0.15) is 18.5 Å². The van der Waals surface area contributed by atoms with Crippen molar-refractivity contribution in [3.8, 4) is 5.75 Å². The van der Waals surface area contributed by atoms with E-state index in [1.807, 2.05) is 42.5 Å². The van der Waals surface area contributed by atoms with Crippen molar-refractivity contribution in [1.29, 1.82) is 0 Å². The Labute approximate surface area is 129 Å². The molecule has 0 bridgehead atoms. The maximum Gasteiger partial charge on any atom is 0.251 e. The minimum atomic E-state index is 0.0550. The van der Waals surface area contributed by atoms with Crippen molar-refractivity contribution in [2.75, 3.05) is 12.4 Å². The van der Waals surface area contributed by atoms with Gasteiger partial charge in [-0.2, -0.15) is 0 Å². The number of rotatable bonds is 4. The van der Waals surface area contributed by atoms with Crippen molar-refractivity contribution in [3.05, 3.63) is 60.2 Å². The van der Waals surface area contributed by atoms with E-state index in [1.54, 1.807) is 11.8 Å². The molecule has 0 radical (unpaired) electrons. The van der Waals surface area contributed by atoms with Crippen LogP contribution in [0.15, 0.2) is 59.6 Å². The van der Waals surface area contributed by atoms with Gasteiger partial charge < -0.3 is 9.47 Å². The second-order valence-corrected chi connectivity index (χ2v) is 5.86. The Morgan fingerprint density at radius 3 is 2.67 bits per heavy atom. The predicted octanol–water partition coefficient (Wildman–Crippen LogP) is 4.19. The number of benzene rings is 2. The molecule has 1 unspecified atom stereocenters. The van der Waals surface area contributed by atoms with Crippen molar-refractivity contribution in [1.82, 2.24) is 0 Å². The first-order valence-electron chi connectivity index (χ1n) is 6.92. The van der Waals surface area contributed by atoms with Gasteiger partial charge in [0.05, 0.1) is 5.69 Å². The Morgan fingerprint density at radius 1 is 1.14 bits per heavy atom. The van der Waals surface area contributed by atoms with Gasteiger partial charge in [0.25, 0.3) is 5.23 Å². The van der Waals surface area contributed by atoms with Gasteiger partial charge in [0.2, 0.25) is 0 Å². The molecule has 3 rings (SSSR count). The molecular weight excluding hydrogens is 282 g/mol. The molecule has 0 amide bonds. The molecule has 0 saturated carbocycles. The zero-order valence-electron chi connectivity index (χ0n) is 11.9. The molecular formula is C17H17NO2S. The molecule has 1 aliphatic heterocycles. The van der Waals surface area contributed by atoms with Gasteiger partial charge in [-0.3, -0.25) is 0 Å². The van der Waals surface area contributed by atoms with E-state index in [-0.39, 0.29) is 6.10 Å². The van der Waals surface area contributed by atoms with Crippen molar-refractivity contribution in [2.45, 2.75) is 13.0 Å². The fourth-order valence-electron chi connectivity index (χ4n) is 1.95. The van der Waals surface area contributed by atoms with E-state index in [9.17, 15) is 0 Å². The SMILES string of the molecule is Cc1ccc(N=C2OC(COc3ccccc3)CS2)cc1. The van der Waals surface area contributed by atoms with Gasteiger partial charge in [-0.25, -0.2) is 4.99 Å². The Morgan fingerprint density at radius 2 is 1.90 bits per heavy atom. The van der Waals surface area contributed by atoms with Crippen LogP contribution in [0, 0.1) is 6.92 Å². The molecule has 2 aromatic carbocycles. The van der Waals surface area contributed by atoms with E-state index in [1.165, 1.54) is 5.56 Å². The van der Waals surface area contributed by atoms with Crippen molar-refractivity contribution in [3.63, 3.8) is 0 Å². The van der Waals surface area contributed by atoms with Crippen molar-refractivity contribution < 1.29 is 9.47 Å². The van der Waals surface area contributed by atoms with Crippen LogP contribution in [0.5, 0.6) is 5.75 Å². The molecule has 0 N–H and O–H groups in total. The number of para-hydroxylation sites is 1. The van der Waals surface area contributed by atoms with Crippen molar-refractivity contribution in [2.24, 2.45) is 4.99 Å². The molecule has 1 saturated heterocycles. The van der Waals surface area contributed by atoms with Crippen LogP contribution in [-0.4, -0.2) is 23.7 Å². The van der Waals surface area contributed by atoms with Gasteiger partial charge >= 0.3 is 0 Å². The standard InChI is InChI=1S/C17H17NO2S/c1-13-7-9-14(10-8-13)18-17-20-16(12-21-17)11-19-15-5-3-2-4-6-15/h2-10,16H,11-12H2,1H3. The summed E-state index contributed by atoms with van der Waals surface area (Å²) in [6.45, 7) is 2.61. The van der Waals surface area contributed by atoms with E-state index >= 15 is 0 Å². The van der Waals surface area contributed by atoms with E-state index in [4.69, 9.17) is 9.47 Å². The summed E-state index contributed by atoms with van der Waals surface area (Å²) in [6, 6.07) is 17.9. The highest BCUT2D eigenvalue weighted by molar-refractivity contribution is 8.13. The summed E-state index contributed by atoms with van der Waals surface area (Å²) in [5.41, 5.74) is 2.15. The second-order valence-electron chi connectivity index (χ2n) is 4.89. The highest BCUT2D eigenvalue weighted by Crippen LogP contribution is 2.24. The van der Waals surface area contributed by atoms with E-state index in [0.717, 1.165) is 22.4 Å². The molecule has 1 fully saturated rings. The largest absolute Gasteiger partial charge is 0.490 e. The second kappa shape index (κ2) is 6.68. The quantitative estimate of drug-likeness (QED) is 0.848. The van der Waals surface area contributed by atoms with Gasteiger partial charge in [-0.1, -0.05) is 47.7 Å². The summed E-state index contributed by atoms with van der Waals surface area (Å²) < 4.78 is 11.5. The minimum Gasteiger partial charge on any atom is -0.490 e. The van der Waals surface area contributed by atoms with Gasteiger partial charge in [-0.05, 0) is 31.2 Å². The smallest absolute Gasteiger partial charge is 0.251 e. The monoisotopic (exact) mass is 299 g/mol. The lowest BCUT2D eigenvalue weighted by Crippen LogP contribution is -2.19. The third kappa shape index (κ3) is 4.02. The summed E-state index contributed by atoms with van der Waals surface area (Å²) in [5, 5.41) is 0.723. The lowest BCUT2D eigenvalue weighted by molar-refractivity contribution is 0.148. The topological polar surface area (TPSA) is 30.8 Å². The summed E-state index contributed by atoms with van der Waals surface area (Å²) in [7, 11) is 0. The summed E-state index contributed by atoms with van der Waals surface area (Å²) in [6.07, 6.45) is 0.0550. The van der Waals surface area contributed by atoms with E-state index < -0.39 is 0 Å². The van der Waals surface area contributed by atoms with E-state index in [0.29, 0.717) is 6.61 Å². The van der Waals surface area contributed by atoms with Crippen LogP contribution in [0.1, 0.15) is 5.56 Å². The van der Waals surface area contributed by atoms with Crippen LogP contribution in [0.2, 0.25) is 0 Å². The fraction of sp³-hybridized carbons (Fsp3) is 0.235. The summed E-state index contributed by atoms with van der Waals surface area (Å²) >= 11 is 1.63. The Bertz CT molecular complexity index is 610. The molecule has 21 heavy (non-hydrogen) atoms. The molecule has 1 heterocycles. The summed E-state index contributed by atoms with van der Waals surface area (Å²) in [4.78, 5) is 4.51. The normalized spacial score (nSPS) is 19.5. The van der Waals surface area contributed by atoms with E-state index in [2.05, 4.69) is 24.0 Å². The first-order valence-corrected chi connectivity index (χ1v) is 7.91. The Hall–Kier alpha value is -1.94. The molecule has 1 atom stereocenters. The zero-order valence-corrected chi connectivity index (χ0v) is 12.7. The molecule has 4 heteroatoms. The molecule has 0 aromatic heterocycles. The van der Waals surface area contributed by atoms with Gasteiger partial charge in [0.15, 0.2) is 0 Å². The first-order chi connectivity index (χ1) is 10.3. The van der Waals surface area contributed by atoms with Crippen LogP contribution >= 0.6 is 11.8 Å². The lowest BCUT2D eigenvalue weighted by Gasteiger charge is -2.11. The number of hydrogen-bond donors (Lipinski definition) is 0. The zero-order chi connectivity index (χ0) is 14.5. The predicted molar refractivity (Wildman–Crippen MR) is 87.5 cm³/mol. The molecule has 0 spiro atoms. The van der Waals surface area contributed by atoms with Crippen LogP contribution in [0.3, 0.4) is 0 Å². The average Bonchev–Trinajstić information content (AvgIpc) is 2.96. The highest BCUT2D eigenvalue weighted by Gasteiger charge is 2.23. The van der Waals surface area contributed by atoms with Crippen LogP contribution in [0.4, 0.5) is 5.69 Å². The third-order valence-electron chi connectivity index (χ3n) is 3.09. The maximum atomic E-state index is 5.81. The molecule has 108 valence electrons. The number of ether oxygens (including phenoxy) is 2.